The molecule has 0 saturated carbocycles. The molecule has 0 radical (unpaired) electrons. The third-order valence-corrected chi connectivity index (χ3v) is 3.56. The summed E-state index contributed by atoms with van der Waals surface area (Å²) in [5.74, 6) is -1.29. The Labute approximate surface area is 142 Å². The summed E-state index contributed by atoms with van der Waals surface area (Å²) in [5, 5.41) is 0. The number of benzene rings is 1. The summed E-state index contributed by atoms with van der Waals surface area (Å²) in [6.45, 7) is 2.03. The Bertz CT molecular complexity index is 634. The van der Waals surface area contributed by atoms with E-state index in [1.807, 2.05) is 0 Å². The van der Waals surface area contributed by atoms with E-state index in [9.17, 15) is 22.8 Å². The summed E-state index contributed by atoms with van der Waals surface area (Å²) in [6, 6.07) is 5.23. The number of carbonyl (C=O) groups is 2. The maximum absolute atomic E-state index is 12.4. The number of nitrogens with zero attached hydrogens (tertiary/aromatic N) is 1. The minimum absolute atomic E-state index is 0.0363. The highest BCUT2D eigenvalue weighted by Crippen LogP contribution is 2.24. The van der Waals surface area contributed by atoms with Crippen LogP contribution in [0.4, 0.5) is 13.2 Å². The highest BCUT2D eigenvalue weighted by atomic mass is 19.4. The number of morpholine rings is 1. The van der Waals surface area contributed by atoms with Crippen LogP contribution in [-0.2, 0) is 25.5 Å². The molecule has 0 aliphatic carbocycles. The summed E-state index contributed by atoms with van der Waals surface area (Å²) in [7, 11) is 1.23. The lowest BCUT2D eigenvalue weighted by Crippen LogP contribution is -2.52. The molecule has 1 heterocycles. The van der Waals surface area contributed by atoms with Crippen molar-refractivity contribution in [3.8, 4) is 5.75 Å². The van der Waals surface area contributed by atoms with Crippen LogP contribution in [0.1, 0.15) is 12.5 Å². The van der Waals surface area contributed by atoms with Crippen LogP contribution in [0.15, 0.2) is 24.3 Å². The molecule has 0 aromatic heterocycles. The van der Waals surface area contributed by atoms with Crippen molar-refractivity contribution >= 4 is 11.9 Å². The van der Waals surface area contributed by atoms with E-state index in [0.29, 0.717) is 5.56 Å². The molecule has 1 aromatic carbocycles. The molecule has 0 bridgehead atoms. The molecule has 1 fully saturated rings. The normalized spacial score (nSPS) is 20.9. The minimum atomic E-state index is -4.80. The van der Waals surface area contributed by atoms with Crippen LogP contribution in [0.3, 0.4) is 0 Å². The van der Waals surface area contributed by atoms with Gasteiger partial charge in [-0.1, -0.05) is 12.1 Å². The Morgan fingerprint density at radius 1 is 1.32 bits per heavy atom. The Morgan fingerprint density at radius 2 is 2.04 bits per heavy atom. The molecule has 138 valence electrons. The van der Waals surface area contributed by atoms with E-state index >= 15 is 0 Å². The predicted molar refractivity (Wildman–Crippen MR) is 79.8 cm³/mol. The molecule has 6 nitrogen and oxygen atoms in total. The first kappa shape index (κ1) is 19.0. The van der Waals surface area contributed by atoms with Crippen LogP contribution in [-0.4, -0.2) is 55.5 Å². The monoisotopic (exact) mass is 361 g/mol. The van der Waals surface area contributed by atoms with Crippen LogP contribution in [0, 0.1) is 0 Å². The van der Waals surface area contributed by atoms with Crippen molar-refractivity contribution in [2.24, 2.45) is 0 Å². The van der Waals surface area contributed by atoms with Crippen molar-refractivity contribution in [1.82, 2.24) is 4.90 Å². The lowest BCUT2D eigenvalue weighted by molar-refractivity contribution is -0.274. The largest absolute Gasteiger partial charge is 0.573 e. The Morgan fingerprint density at radius 3 is 2.68 bits per heavy atom. The minimum Gasteiger partial charge on any atom is -0.467 e. The van der Waals surface area contributed by atoms with E-state index in [-0.39, 0.29) is 37.3 Å². The van der Waals surface area contributed by atoms with Gasteiger partial charge in [0, 0.05) is 6.54 Å². The first-order valence-electron chi connectivity index (χ1n) is 7.53. The summed E-state index contributed by atoms with van der Waals surface area (Å²) < 4.78 is 50.7. The average Bonchev–Trinajstić information content (AvgIpc) is 2.52. The molecule has 2 atom stereocenters. The molecular formula is C16H18F3NO5. The molecule has 2 rings (SSSR count). The maximum Gasteiger partial charge on any atom is 0.573 e. The van der Waals surface area contributed by atoms with Gasteiger partial charge in [0.2, 0.25) is 5.91 Å². The quantitative estimate of drug-likeness (QED) is 0.767. The first-order chi connectivity index (χ1) is 11.7. The second-order valence-electron chi connectivity index (χ2n) is 5.63. The van der Waals surface area contributed by atoms with Crippen molar-refractivity contribution in [2.45, 2.75) is 31.9 Å². The van der Waals surface area contributed by atoms with E-state index in [2.05, 4.69) is 9.47 Å². The summed E-state index contributed by atoms with van der Waals surface area (Å²) in [5.41, 5.74) is 0.375. The lowest BCUT2D eigenvalue weighted by atomic mass is 10.1. The van der Waals surface area contributed by atoms with Gasteiger partial charge in [-0.15, -0.1) is 13.2 Å². The van der Waals surface area contributed by atoms with Crippen LogP contribution < -0.4 is 4.74 Å². The van der Waals surface area contributed by atoms with Gasteiger partial charge in [0.05, 0.1) is 26.2 Å². The van der Waals surface area contributed by atoms with Gasteiger partial charge in [-0.2, -0.15) is 0 Å². The number of carbonyl (C=O) groups excluding carboxylic acids is 2. The summed E-state index contributed by atoms with van der Waals surface area (Å²) >= 11 is 0. The zero-order valence-corrected chi connectivity index (χ0v) is 13.7. The first-order valence-corrected chi connectivity index (χ1v) is 7.53. The number of hydrogen-bond acceptors (Lipinski definition) is 5. The fourth-order valence-electron chi connectivity index (χ4n) is 2.56. The van der Waals surface area contributed by atoms with Gasteiger partial charge in [-0.3, -0.25) is 4.79 Å². The van der Waals surface area contributed by atoms with Gasteiger partial charge in [-0.25, -0.2) is 4.79 Å². The van der Waals surface area contributed by atoms with Crippen molar-refractivity contribution in [3.63, 3.8) is 0 Å². The van der Waals surface area contributed by atoms with Gasteiger partial charge < -0.3 is 19.1 Å². The molecule has 1 saturated heterocycles. The SMILES string of the molecule is COC(=O)[C@H]1CN(C(=O)Cc2cccc(OC(F)(F)F)c2)C[C@@H](C)O1. The second kappa shape index (κ2) is 7.73. The number of ether oxygens (including phenoxy) is 3. The van der Waals surface area contributed by atoms with Crippen molar-refractivity contribution in [3.05, 3.63) is 29.8 Å². The van der Waals surface area contributed by atoms with Crippen LogP contribution in [0.25, 0.3) is 0 Å². The molecule has 25 heavy (non-hydrogen) atoms. The average molecular weight is 361 g/mol. The van der Waals surface area contributed by atoms with Crippen LogP contribution in [0.2, 0.25) is 0 Å². The molecule has 1 aliphatic heterocycles. The number of amides is 1. The van der Waals surface area contributed by atoms with Gasteiger partial charge in [0.25, 0.3) is 0 Å². The molecule has 0 unspecified atom stereocenters. The smallest absolute Gasteiger partial charge is 0.467 e. The van der Waals surface area contributed by atoms with Gasteiger partial charge in [0.15, 0.2) is 6.10 Å². The predicted octanol–water partition coefficient (Wildman–Crippen LogP) is 1.92. The summed E-state index contributed by atoms with van der Waals surface area (Å²) in [4.78, 5) is 25.5. The number of rotatable bonds is 4. The molecule has 1 aromatic rings. The maximum atomic E-state index is 12.4. The van der Waals surface area contributed by atoms with Crippen molar-refractivity contribution in [2.75, 3.05) is 20.2 Å². The molecule has 0 N–H and O–H groups in total. The van der Waals surface area contributed by atoms with E-state index in [4.69, 9.17) is 4.74 Å². The van der Waals surface area contributed by atoms with Gasteiger partial charge in [0.1, 0.15) is 5.75 Å². The zero-order chi connectivity index (χ0) is 18.6. The lowest BCUT2D eigenvalue weighted by Gasteiger charge is -2.35. The second-order valence-corrected chi connectivity index (χ2v) is 5.63. The van der Waals surface area contributed by atoms with Crippen LogP contribution in [0.5, 0.6) is 5.75 Å². The Kier molecular flexibility index (Phi) is 5.89. The third kappa shape index (κ3) is 5.63. The summed E-state index contributed by atoms with van der Waals surface area (Å²) in [6.07, 6.45) is -6.15. The fraction of sp³-hybridized carbons (Fsp3) is 0.500. The fourth-order valence-corrected chi connectivity index (χ4v) is 2.56. The Balaban J connectivity index is 2.03. The number of halogens is 3. The molecule has 0 spiro atoms. The Hall–Kier alpha value is -2.29. The number of alkyl halides is 3. The van der Waals surface area contributed by atoms with E-state index in [1.54, 1.807) is 6.92 Å². The van der Waals surface area contributed by atoms with E-state index in [0.717, 1.165) is 12.1 Å². The van der Waals surface area contributed by atoms with Crippen molar-refractivity contribution in [1.29, 1.82) is 0 Å². The molecule has 1 amide bonds. The topological polar surface area (TPSA) is 65.1 Å². The highest BCUT2D eigenvalue weighted by Gasteiger charge is 2.34. The molecular weight excluding hydrogens is 343 g/mol. The van der Waals surface area contributed by atoms with Crippen molar-refractivity contribution < 1.29 is 37.0 Å². The van der Waals surface area contributed by atoms with Gasteiger partial charge >= 0.3 is 12.3 Å². The molecule has 1 aliphatic rings. The third-order valence-electron chi connectivity index (χ3n) is 3.56. The number of hydrogen-bond donors (Lipinski definition) is 0. The zero-order valence-electron chi connectivity index (χ0n) is 13.7. The number of methoxy groups -OCH3 is 1. The standard InChI is InChI=1S/C16H18F3NO5/c1-10-8-20(9-13(24-10)15(22)23-2)14(21)7-11-4-3-5-12(6-11)25-16(17,18)19/h3-6,10,13H,7-9H2,1-2H3/t10-,13-/m1/s1. The highest BCUT2D eigenvalue weighted by molar-refractivity contribution is 5.81. The number of esters is 1. The van der Waals surface area contributed by atoms with Crippen LogP contribution >= 0.6 is 0 Å². The van der Waals surface area contributed by atoms with E-state index < -0.39 is 18.4 Å². The van der Waals surface area contributed by atoms with E-state index in [1.165, 1.54) is 24.1 Å². The molecule has 9 heteroatoms. The van der Waals surface area contributed by atoms with Gasteiger partial charge in [-0.05, 0) is 24.6 Å².